The highest BCUT2D eigenvalue weighted by Crippen LogP contribution is 2.13. The van der Waals surface area contributed by atoms with Crippen molar-refractivity contribution in [3.8, 4) is 0 Å². The maximum absolute atomic E-state index is 12.7. The minimum absolute atomic E-state index is 0.270. The molecule has 2 nitrogen and oxygen atoms in total. The Morgan fingerprint density at radius 1 is 1.33 bits per heavy atom. The molecule has 0 radical (unpaired) electrons. The van der Waals surface area contributed by atoms with E-state index in [1.165, 1.54) is 12.1 Å². The maximum atomic E-state index is 12.7. The second kappa shape index (κ2) is 2.79. The number of fused-ring (bicyclic) bond motifs is 1. The van der Waals surface area contributed by atoms with Crippen LogP contribution in [0.5, 0.6) is 0 Å². The molecule has 0 N–H and O–H groups in total. The van der Waals surface area contributed by atoms with Gasteiger partial charge in [0.2, 0.25) is 0 Å². The van der Waals surface area contributed by atoms with Gasteiger partial charge in [-0.25, -0.2) is 14.4 Å². The summed E-state index contributed by atoms with van der Waals surface area (Å²) in [6, 6.07) is 4.40. The molecule has 60 valence electrons. The Labute approximate surface area is 76.6 Å². The fourth-order valence-electron chi connectivity index (χ4n) is 0.982. The van der Waals surface area contributed by atoms with Gasteiger partial charge in [0.05, 0.1) is 5.52 Å². The highest BCUT2D eigenvalue weighted by molar-refractivity contribution is 9.10. The zero-order chi connectivity index (χ0) is 8.55. The second-order valence-electron chi connectivity index (χ2n) is 2.34. The lowest BCUT2D eigenvalue weighted by atomic mass is 10.2. The molecule has 0 aliphatic rings. The third-order valence-corrected chi connectivity index (χ3v) is 1.89. The largest absolute Gasteiger partial charge is 0.230 e. The highest BCUT2D eigenvalue weighted by Gasteiger charge is 1.97. The maximum Gasteiger partial charge on any atom is 0.197 e. The molecule has 0 amide bonds. The van der Waals surface area contributed by atoms with Crippen molar-refractivity contribution >= 4 is 26.8 Å². The van der Waals surface area contributed by atoms with Gasteiger partial charge in [0.1, 0.15) is 5.82 Å². The first-order valence-corrected chi connectivity index (χ1v) is 4.13. The van der Waals surface area contributed by atoms with Crippen LogP contribution in [0, 0.1) is 5.82 Å². The van der Waals surface area contributed by atoms with Crippen molar-refractivity contribution in [2.24, 2.45) is 0 Å². The van der Waals surface area contributed by atoms with E-state index in [0.717, 1.165) is 5.52 Å². The molecule has 0 saturated heterocycles. The van der Waals surface area contributed by atoms with Gasteiger partial charge in [0, 0.05) is 11.6 Å². The summed E-state index contributed by atoms with van der Waals surface area (Å²) in [6.07, 6.45) is 1.58. The van der Waals surface area contributed by atoms with Crippen LogP contribution in [-0.4, -0.2) is 9.97 Å². The number of halogens is 2. The van der Waals surface area contributed by atoms with Gasteiger partial charge in [-0.3, -0.25) is 0 Å². The normalized spacial score (nSPS) is 10.5. The summed E-state index contributed by atoms with van der Waals surface area (Å²) in [7, 11) is 0. The standard InChI is InChI=1S/C8H4BrFN2/c9-8-11-4-5-3-6(10)1-2-7(5)12-8/h1-4H. The van der Waals surface area contributed by atoms with Gasteiger partial charge in [0.25, 0.3) is 0 Å². The molecule has 0 aliphatic heterocycles. The van der Waals surface area contributed by atoms with Crippen molar-refractivity contribution in [2.45, 2.75) is 0 Å². The lowest BCUT2D eigenvalue weighted by molar-refractivity contribution is 0.629. The van der Waals surface area contributed by atoms with E-state index in [1.54, 1.807) is 12.3 Å². The molecule has 2 aromatic rings. The molecule has 1 aromatic heterocycles. The number of rotatable bonds is 0. The van der Waals surface area contributed by atoms with Gasteiger partial charge in [0.15, 0.2) is 4.73 Å². The fraction of sp³-hybridized carbons (Fsp3) is 0. The van der Waals surface area contributed by atoms with Crippen LogP contribution in [0.2, 0.25) is 0 Å². The third-order valence-electron chi connectivity index (χ3n) is 1.51. The average Bonchev–Trinajstić information content (AvgIpc) is 2.05. The molecule has 12 heavy (non-hydrogen) atoms. The van der Waals surface area contributed by atoms with Crippen LogP contribution >= 0.6 is 15.9 Å². The minimum atomic E-state index is -0.270. The van der Waals surface area contributed by atoms with Crippen molar-refractivity contribution < 1.29 is 4.39 Å². The molecule has 0 saturated carbocycles. The summed E-state index contributed by atoms with van der Waals surface area (Å²) in [5.74, 6) is -0.270. The zero-order valence-corrected chi connectivity index (χ0v) is 7.55. The van der Waals surface area contributed by atoms with Crippen LogP contribution in [0.4, 0.5) is 4.39 Å². The first kappa shape index (κ1) is 7.61. The van der Waals surface area contributed by atoms with E-state index in [0.29, 0.717) is 10.1 Å². The number of hydrogen-bond acceptors (Lipinski definition) is 2. The predicted octanol–water partition coefficient (Wildman–Crippen LogP) is 2.53. The number of hydrogen-bond donors (Lipinski definition) is 0. The van der Waals surface area contributed by atoms with Gasteiger partial charge in [-0.1, -0.05) is 0 Å². The van der Waals surface area contributed by atoms with E-state index in [4.69, 9.17) is 0 Å². The van der Waals surface area contributed by atoms with Crippen molar-refractivity contribution in [3.63, 3.8) is 0 Å². The van der Waals surface area contributed by atoms with Crippen LogP contribution in [0.25, 0.3) is 10.9 Å². The molecule has 2 rings (SSSR count). The molecule has 4 heteroatoms. The Bertz CT molecular complexity index is 389. The Hall–Kier alpha value is -1.03. The van der Waals surface area contributed by atoms with E-state index >= 15 is 0 Å². The molecule has 0 atom stereocenters. The Balaban J connectivity index is 2.79. The van der Waals surface area contributed by atoms with Gasteiger partial charge in [-0.2, -0.15) is 0 Å². The molecule has 0 spiro atoms. The van der Waals surface area contributed by atoms with Gasteiger partial charge < -0.3 is 0 Å². The summed E-state index contributed by atoms with van der Waals surface area (Å²) < 4.78 is 13.2. The van der Waals surface area contributed by atoms with E-state index in [9.17, 15) is 4.39 Å². The van der Waals surface area contributed by atoms with Crippen LogP contribution < -0.4 is 0 Å². The van der Waals surface area contributed by atoms with Gasteiger partial charge in [-0.15, -0.1) is 0 Å². The molecule has 0 fully saturated rings. The monoisotopic (exact) mass is 226 g/mol. The number of nitrogens with zero attached hydrogens (tertiary/aromatic N) is 2. The Morgan fingerprint density at radius 2 is 2.17 bits per heavy atom. The molecule has 0 unspecified atom stereocenters. The second-order valence-corrected chi connectivity index (χ2v) is 3.05. The summed E-state index contributed by atoms with van der Waals surface area (Å²) in [4.78, 5) is 7.94. The van der Waals surface area contributed by atoms with Crippen LogP contribution in [-0.2, 0) is 0 Å². The predicted molar refractivity (Wildman–Crippen MR) is 47.2 cm³/mol. The van der Waals surface area contributed by atoms with Crippen LogP contribution in [0.1, 0.15) is 0 Å². The van der Waals surface area contributed by atoms with Gasteiger partial charge in [-0.05, 0) is 34.1 Å². The van der Waals surface area contributed by atoms with Crippen LogP contribution in [0.3, 0.4) is 0 Å². The lowest BCUT2D eigenvalue weighted by Gasteiger charge is -1.95. The fourth-order valence-corrected chi connectivity index (χ4v) is 1.28. The smallest absolute Gasteiger partial charge is 0.197 e. The zero-order valence-electron chi connectivity index (χ0n) is 5.96. The highest BCUT2D eigenvalue weighted by atomic mass is 79.9. The van der Waals surface area contributed by atoms with E-state index in [1.807, 2.05) is 0 Å². The molecule has 1 heterocycles. The molecule has 1 aromatic carbocycles. The first-order chi connectivity index (χ1) is 5.75. The minimum Gasteiger partial charge on any atom is -0.230 e. The van der Waals surface area contributed by atoms with Crippen LogP contribution in [0.15, 0.2) is 29.1 Å². The van der Waals surface area contributed by atoms with E-state index in [2.05, 4.69) is 25.9 Å². The summed E-state index contributed by atoms with van der Waals surface area (Å²) in [6.45, 7) is 0. The quantitative estimate of drug-likeness (QED) is 0.646. The SMILES string of the molecule is Fc1ccc2nc(Br)ncc2c1. The Morgan fingerprint density at radius 3 is 3.00 bits per heavy atom. The molecular weight excluding hydrogens is 223 g/mol. The van der Waals surface area contributed by atoms with Crippen molar-refractivity contribution in [1.82, 2.24) is 9.97 Å². The third kappa shape index (κ3) is 1.30. The summed E-state index contributed by atoms with van der Waals surface area (Å²) in [5, 5.41) is 0.707. The first-order valence-electron chi connectivity index (χ1n) is 3.33. The van der Waals surface area contributed by atoms with Crippen molar-refractivity contribution in [3.05, 3.63) is 34.9 Å². The average molecular weight is 227 g/mol. The van der Waals surface area contributed by atoms with Gasteiger partial charge >= 0.3 is 0 Å². The number of aromatic nitrogens is 2. The van der Waals surface area contributed by atoms with Crippen molar-refractivity contribution in [1.29, 1.82) is 0 Å². The Kier molecular flexibility index (Phi) is 1.77. The molecular formula is C8H4BrFN2. The number of benzene rings is 1. The van der Waals surface area contributed by atoms with Crippen molar-refractivity contribution in [2.75, 3.05) is 0 Å². The molecule has 0 bridgehead atoms. The lowest BCUT2D eigenvalue weighted by Crippen LogP contribution is -1.84. The molecule has 0 aliphatic carbocycles. The van der Waals surface area contributed by atoms with E-state index < -0.39 is 0 Å². The topological polar surface area (TPSA) is 25.8 Å². The summed E-state index contributed by atoms with van der Waals surface area (Å²) >= 11 is 3.13. The summed E-state index contributed by atoms with van der Waals surface area (Å²) in [5.41, 5.74) is 0.735. The van der Waals surface area contributed by atoms with E-state index in [-0.39, 0.29) is 5.82 Å².